The topological polar surface area (TPSA) is 118 Å². The average molecular weight is 385 g/mol. The van der Waals surface area contributed by atoms with Gasteiger partial charge in [0.05, 0.1) is 11.3 Å². The fraction of sp³-hybridized carbons (Fsp3) is 0.211. The molecule has 0 fully saturated rings. The lowest BCUT2D eigenvalue weighted by Gasteiger charge is -2.08. The average Bonchev–Trinajstić information content (AvgIpc) is 3.24. The highest BCUT2D eigenvalue weighted by Gasteiger charge is 2.23. The van der Waals surface area contributed by atoms with Gasteiger partial charge in [-0.3, -0.25) is 4.79 Å². The summed E-state index contributed by atoms with van der Waals surface area (Å²) in [6, 6.07) is 8.17. The molecule has 0 atom stereocenters. The summed E-state index contributed by atoms with van der Waals surface area (Å²) in [7, 11) is 0. The van der Waals surface area contributed by atoms with E-state index in [0.29, 0.717) is 29.4 Å². The Labute approximate surface area is 159 Å². The first-order chi connectivity index (χ1) is 12.9. The predicted octanol–water partition coefficient (Wildman–Crippen LogP) is 3.12. The third-order valence-electron chi connectivity index (χ3n) is 4.17. The summed E-state index contributed by atoms with van der Waals surface area (Å²) in [4.78, 5) is 28.4. The van der Waals surface area contributed by atoms with E-state index in [-0.39, 0.29) is 17.7 Å². The van der Waals surface area contributed by atoms with Crippen LogP contribution in [0, 0.1) is 0 Å². The number of thiazole rings is 1. The Morgan fingerprint density at radius 2 is 1.93 bits per heavy atom. The van der Waals surface area contributed by atoms with E-state index >= 15 is 0 Å². The van der Waals surface area contributed by atoms with Crippen molar-refractivity contribution in [1.29, 1.82) is 0 Å². The number of phenols is 1. The van der Waals surface area contributed by atoms with Gasteiger partial charge in [-0.25, -0.2) is 9.78 Å². The van der Waals surface area contributed by atoms with Gasteiger partial charge in [-0.1, -0.05) is 0 Å². The lowest BCUT2D eigenvalue weighted by molar-refractivity contribution is -0.117. The number of phenolic OH excluding ortho intramolecular Hbond substituents is 1. The van der Waals surface area contributed by atoms with Gasteiger partial charge in [0.25, 0.3) is 0 Å². The van der Waals surface area contributed by atoms with Gasteiger partial charge >= 0.3 is 5.97 Å². The molecule has 0 radical (unpaired) electrons. The van der Waals surface area contributed by atoms with Crippen LogP contribution in [0.25, 0.3) is 22.0 Å². The van der Waals surface area contributed by atoms with E-state index in [4.69, 9.17) is 5.73 Å². The number of carboxylic acid groups (broad SMARTS) is 1. The highest BCUT2D eigenvalue weighted by atomic mass is 32.1. The number of aromatic hydroxyl groups is 1. The smallest absolute Gasteiger partial charge is 0.337 e. The van der Waals surface area contributed by atoms with Gasteiger partial charge in [0, 0.05) is 29.6 Å². The second kappa shape index (κ2) is 7.63. The molecule has 140 valence electrons. The molecular formula is C19H19N3O4S. The number of amides is 1. The van der Waals surface area contributed by atoms with Gasteiger partial charge in [-0.05, 0) is 43.7 Å². The Bertz CT molecular complexity index is 989. The quantitative estimate of drug-likeness (QED) is 0.577. The minimum Gasteiger partial charge on any atom is -0.508 e. The van der Waals surface area contributed by atoms with Gasteiger partial charge in [-0.15, -0.1) is 11.3 Å². The summed E-state index contributed by atoms with van der Waals surface area (Å²) in [6.45, 7) is 2.51. The second-order valence-electron chi connectivity index (χ2n) is 5.97. The van der Waals surface area contributed by atoms with Gasteiger partial charge in [0.2, 0.25) is 5.91 Å². The van der Waals surface area contributed by atoms with Crippen LogP contribution < -0.4 is 5.73 Å². The zero-order valence-corrected chi connectivity index (χ0v) is 15.5. The summed E-state index contributed by atoms with van der Waals surface area (Å²) in [5.41, 5.74) is 7.33. The molecule has 3 aromatic rings. The number of aryl methyl sites for hydroxylation is 2. The molecule has 4 N–H and O–H groups in total. The normalized spacial score (nSPS) is 10.9. The third kappa shape index (κ3) is 3.85. The van der Waals surface area contributed by atoms with Gasteiger partial charge in [0.15, 0.2) is 0 Å². The lowest BCUT2D eigenvalue weighted by atomic mass is 10.1. The van der Waals surface area contributed by atoms with Crippen molar-refractivity contribution in [2.75, 3.05) is 0 Å². The summed E-state index contributed by atoms with van der Waals surface area (Å²) < 4.78 is 1.83. The zero-order valence-electron chi connectivity index (χ0n) is 14.7. The molecule has 27 heavy (non-hydrogen) atoms. The van der Waals surface area contributed by atoms with E-state index in [1.807, 2.05) is 11.5 Å². The van der Waals surface area contributed by atoms with Crippen LogP contribution in [-0.2, 0) is 17.8 Å². The van der Waals surface area contributed by atoms with Gasteiger partial charge < -0.3 is 20.5 Å². The zero-order chi connectivity index (χ0) is 19.6. The molecule has 1 amide bonds. The molecule has 0 saturated carbocycles. The van der Waals surface area contributed by atoms with Crippen LogP contribution in [0.2, 0.25) is 0 Å². The van der Waals surface area contributed by atoms with E-state index in [0.717, 1.165) is 10.4 Å². The Morgan fingerprint density at radius 1 is 1.22 bits per heavy atom. The molecule has 8 heteroatoms. The number of benzene rings is 1. The number of nitrogens with two attached hydrogens (primary N) is 1. The number of hydrogen-bond acceptors (Lipinski definition) is 5. The number of primary amides is 1. The number of aromatic carboxylic acids is 1. The first-order valence-electron chi connectivity index (χ1n) is 8.41. The molecule has 0 aliphatic rings. The molecule has 0 unspecified atom stereocenters. The maximum absolute atomic E-state index is 11.7. The molecule has 0 aliphatic carbocycles. The Morgan fingerprint density at radius 3 is 2.52 bits per heavy atom. The fourth-order valence-corrected chi connectivity index (χ4v) is 3.91. The number of rotatable bonds is 7. The Balaban J connectivity index is 2.16. The van der Waals surface area contributed by atoms with Crippen molar-refractivity contribution in [3.05, 3.63) is 47.0 Å². The molecule has 2 aromatic heterocycles. The number of nitrogens with zero attached hydrogens (tertiary/aromatic N) is 2. The second-order valence-corrected chi connectivity index (χ2v) is 7.06. The third-order valence-corrected chi connectivity index (χ3v) is 5.33. The van der Waals surface area contributed by atoms with Crippen molar-refractivity contribution in [2.45, 2.75) is 26.3 Å². The Hall–Kier alpha value is -3.13. The number of hydrogen-bond donors (Lipinski definition) is 3. The maximum atomic E-state index is 11.7. The largest absolute Gasteiger partial charge is 0.508 e. The monoisotopic (exact) mass is 385 g/mol. The molecule has 0 aliphatic heterocycles. The van der Waals surface area contributed by atoms with Crippen molar-refractivity contribution >= 4 is 23.2 Å². The van der Waals surface area contributed by atoms with Crippen molar-refractivity contribution in [2.24, 2.45) is 5.73 Å². The number of carbonyl (C=O) groups is 2. The van der Waals surface area contributed by atoms with E-state index in [1.165, 1.54) is 11.3 Å². The predicted molar refractivity (Wildman–Crippen MR) is 103 cm³/mol. The number of carbonyl (C=O) groups excluding carboxylic acids is 1. The van der Waals surface area contributed by atoms with E-state index in [9.17, 15) is 19.8 Å². The standard InChI is InChI=1S/C19H19N3O4S/c1-2-22-10-9-13(19(25)26)17(22)16-14(7-8-15(20)24)27-18(21-16)11-3-5-12(23)6-4-11/h3-6,9-10,23H,2,7-8H2,1H3,(H2,20,24)(H,25,26). The molecule has 0 saturated heterocycles. The Kier molecular flexibility index (Phi) is 5.27. The minimum absolute atomic E-state index is 0.150. The van der Waals surface area contributed by atoms with E-state index in [2.05, 4.69) is 4.98 Å². The summed E-state index contributed by atoms with van der Waals surface area (Å²) in [5, 5.41) is 19.7. The van der Waals surface area contributed by atoms with Crippen molar-refractivity contribution < 1.29 is 19.8 Å². The van der Waals surface area contributed by atoms with Crippen LogP contribution >= 0.6 is 11.3 Å². The van der Waals surface area contributed by atoms with Crippen molar-refractivity contribution in [3.8, 4) is 27.7 Å². The SMILES string of the molecule is CCn1ccc(C(=O)O)c1-c1nc(-c2ccc(O)cc2)sc1CCC(N)=O. The molecule has 3 rings (SSSR count). The van der Waals surface area contributed by atoms with Crippen LogP contribution in [-0.4, -0.2) is 31.6 Å². The molecule has 7 nitrogen and oxygen atoms in total. The molecular weight excluding hydrogens is 366 g/mol. The van der Waals surface area contributed by atoms with Crippen molar-refractivity contribution in [1.82, 2.24) is 9.55 Å². The maximum Gasteiger partial charge on any atom is 0.337 e. The van der Waals surface area contributed by atoms with E-state index < -0.39 is 11.9 Å². The van der Waals surface area contributed by atoms with Crippen LogP contribution in [0.4, 0.5) is 0 Å². The van der Waals surface area contributed by atoms with Crippen LogP contribution in [0.5, 0.6) is 5.75 Å². The van der Waals surface area contributed by atoms with Crippen LogP contribution in [0.1, 0.15) is 28.6 Å². The molecule has 0 bridgehead atoms. The first kappa shape index (κ1) is 18.7. The minimum atomic E-state index is -1.03. The highest BCUT2D eigenvalue weighted by molar-refractivity contribution is 7.15. The fourth-order valence-electron chi connectivity index (χ4n) is 2.84. The van der Waals surface area contributed by atoms with Gasteiger partial charge in [-0.2, -0.15) is 0 Å². The first-order valence-corrected chi connectivity index (χ1v) is 9.22. The molecule has 1 aromatic carbocycles. The van der Waals surface area contributed by atoms with Crippen molar-refractivity contribution in [3.63, 3.8) is 0 Å². The number of carboxylic acids is 1. The lowest BCUT2D eigenvalue weighted by Crippen LogP contribution is -2.11. The molecule has 2 heterocycles. The number of aromatic nitrogens is 2. The highest BCUT2D eigenvalue weighted by Crippen LogP contribution is 2.37. The van der Waals surface area contributed by atoms with Gasteiger partial charge in [0.1, 0.15) is 16.5 Å². The molecule has 0 spiro atoms. The summed E-state index contributed by atoms with van der Waals surface area (Å²) >= 11 is 1.39. The summed E-state index contributed by atoms with van der Waals surface area (Å²) in [5.74, 6) is -1.31. The summed E-state index contributed by atoms with van der Waals surface area (Å²) in [6.07, 6.45) is 2.25. The van der Waals surface area contributed by atoms with E-state index in [1.54, 1.807) is 36.5 Å². The van der Waals surface area contributed by atoms with Crippen LogP contribution in [0.3, 0.4) is 0 Å². The van der Waals surface area contributed by atoms with Crippen LogP contribution in [0.15, 0.2) is 36.5 Å².